The van der Waals surface area contributed by atoms with Gasteiger partial charge in [0.25, 0.3) is 0 Å². The molecule has 6 nitrogen and oxygen atoms in total. The van der Waals surface area contributed by atoms with Gasteiger partial charge in [-0.05, 0) is 58.4 Å². The molecule has 190 valence electrons. The average molecular weight is 490 g/mol. The summed E-state index contributed by atoms with van der Waals surface area (Å²) in [5, 5.41) is 14.8. The van der Waals surface area contributed by atoms with Gasteiger partial charge in [-0.2, -0.15) is 0 Å². The Balaban J connectivity index is 0.000000174. The Morgan fingerprint density at radius 1 is 0.917 bits per heavy atom. The molecule has 36 heavy (non-hydrogen) atoms. The molecule has 1 spiro atoms. The van der Waals surface area contributed by atoms with Gasteiger partial charge < -0.3 is 10.4 Å². The van der Waals surface area contributed by atoms with E-state index in [0.29, 0.717) is 38.6 Å². The molecule has 3 saturated carbocycles. The molecule has 0 saturated heterocycles. The fourth-order valence-corrected chi connectivity index (χ4v) is 7.30. The molecule has 6 rings (SSSR count). The highest BCUT2D eigenvalue weighted by Gasteiger charge is 2.68. The number of ketones is 3. The van der Waals surface area contributed by atoms with E-state index in [4.69, 9.17) is 0 Å². The Hall–Kier alpha value is -3.02. The summed E-state index contributed by atoms with van der Waals surface area (Å²) < 4.78 is 0. The van der Waals surface area contributed by atoms with Crippen LogP contribution in [0.3, 0.4) is 0 Å². The van der Waals surface area contributed by atoms with Crippen LogP contribution in [0.1, 0.15) is 65.4 Å². The van der Waals surface area contributed by atoms with Crippen molar-refractivity contribution in [1.82, 2.24) is 0 Å². The first-order chi connectivity index (χ1) is 16.8. The van der Waals surface area contributed by atoms with Gasteiger partial charge in [0.2, 0.25) is 0 Å². The van der Waals surface area contributed by atoms with Crippen LogP contribution in [0.5, 0.6) is 0 Å². The summed E-state index contributed by atoms with van der Waals surface area (Å²) in [6.45, 7) is 8.30. The van der Waals surface area contributed by atoms with Crippen molar-refractivity contribution in [1.29, 1.82) is 0 Å². The number of fused-ring (bicyclic) bond motifs is 5. The predicted octanol–water partition coefficient (Wildman–Crippen LogP) is 5.22. The minimum atomic E-state index is -1.06. The van der Waals surface area contributed by atoms with E-state index in [9.17, 15) is 24.3 Å². The molecule has 4 aliphatic rings. The minimum Gasteiger partial charge on any atom is -0.480 e. The molecule has 2 aromatic rings. The molecular formula is C30H35NO5. The zero-order valence-corrected chi connectivity index (χ0v) is 21.6. The van der Waals surface area contributed by atoms with Gasteiger partial charge in [0.15, 0.2) is 5.78 Å². The maximum atomic E-state index is 12.9. The number of carbonyl (C=O) groups is 4. The van der Waals surface area contributed by atoms with E-state index in [1.165, 1.54) is 0 Å². The van der Waals surface area contributed by atoms with Crippen LogP contribution in [-0.4, -0.2) is 35.0 Å². The summed E-state index contributed by atoms with van der Waals surface area (Å²) in [6, 6.07) is 12.3. The molecule has 2 aromatic carbocycles. The summed E-state index contributed by atoms with van der Waals surface area (Å²) in [6.07, 6.45) is 3.41. The number of nitrogens with one attached hydrogen (secondary N) is 1. The minimum absolute atomic E-state index is 0.0544. The molecule has 0 radical (unpaired) electrons. The Morgan fingerprint density at radius 3 is 2.14 bits per heavy atom. The Kier molecular flexibility index (Phi) is 5.47. The number of Topliss-reactive ketones (excluding diaryl/α,β-unsaturated/α-hetero) is 3. The Bertz CT molecular complexity index is 1290. The molecule has 2 atom stereocenters. The molecule has 2 bridgehead atoms. The first-order valence-corrected chi connectivity index (χ1v) is 12.9. The van der Waals surface area contributed by atoms with E-state index in [1.807, 2.05) is 39.8 Å². The second-order valence-corrected chi connectivity index (χ2v) is 12.6. The normalized spacial score (nSPS) is 28.9. The molecule has 3 aliphatic carbocycles. The van der Waals surface area contributed by atoms with Gasteiger partial charge in [0.05, 0.1) is 0 Å². The zero-order chi connectivity index (χ0) is 26.1. The van der Waals surface area contributed by atoms with E-state index in [2.05, 4.69) is 29.6 Å². The van der Waals surface area contributed by atoms with Crippen molar-refractivity contribution in [3.05, 3.63) is 42.0 Å². The number of carbonyl (C=O) groups excluding carboxylic acids is 3. The SMILES string of the molecule is CC1(C)CC(=O)C2(CNc3ccc4ccccc4c3C2)C(=O)C1.CC1(C)[C@H]2CC[C@]1(C(=O)O)C(=O)C2. The van der Waals surface area contributed by atoms with Crippen LogP contribution in [0.25, 0.3) is 10.8 Å². The maximum absolute atomic E-state index is 12.9. The molecule has 0 unspecified atom stereocenters. The third-order valence-corrected chi connectivity index (χ3v) is 9.71. The van der Waals surface area contributed by atoms with E-state index in [-0.39, 0.29) is 34.1 Å². The molecule has 1 aliphatic heterocycles. The summed E-state index contributed by atoms with van der Waals surface area (Å²) in [4.78, 5) is 48.6. The second-order valence-electron chi connectivity index (χ2n) is 12.6. The van der Waals surface area contributed by atoms with Gasteiger partial charge in [0, 0.05) is 31.5 Å². The van der Waals surface area contributed by atoms with Crippen molar-refractivity contribution in [2.75, 3.05) is 11.9 Å². The number of hydrogen-bond donors (Lipinski definition) is 2. The van der Waals surface area contributed by atoms with Crippen LogP contribution in [0.15, 0.2) is 36.4 Å². The molecule has 2 N–H and O–H groups in total. The van der Waals surface area contributed by atoms with Crippen molar-refractivity contribution in [2.24, 2.45) is 27.6 Å². The monoisotopic (exact) mass is 489 g/mol. The zero-order valence-electron chi connectivity index (χ0n) is 21.6. The predicted molar refractivity (Wildman–Crippen MR) is 138 cm³/mol. The smallest absolute Gasteiger partial charge is 0.317 e. The molecule has 1 heterocycles. The molecule has 3 fully saturated rings. The highest BCUT2D eigenvalue weighted by Crippen LogP contribution is 2.63. The first kappa shape index (κ1) is 24.7. The van der Waals surface area contributed by atoms with Crippen LogP contribution in [0, 0.1) is 27.6 Å². The van der Waals surface area contributed by atoms with Crippen LogP contribution < -0.4 is 5.32 Å². The largest absolute Gasteiger partial charge is 0.480 e. The topological polar surface area (TPSA) is 101 Å². The van der Waals surface area contributed by atoms with Crippen molar-refractivity contribution in [3.63, 3.8) is 0 Å². The standard InChI is InChI=1S/C20H21NO2.C10H14O3/c1-19(2)10-17(22)20(18(23)11-19)9-15-14-6-4-3-5-13(14)7-8-16(15)21-12-20;1-9(2)6-3-4-10(9,8(12)13)7(11)5-6/h3-8,21H,9-12H2,1-2H3;6H,3-5H2,1-2H3,(H,12,13)/t;6-,10+/m.0/s1. The van der Waals surface area contributed by atoms with Crippen molar-refractivity contribution < 1.29 is 24.3 Å². The van der Waals surface area contributed by atoms with E-state index in [0.717, 1.165) is 28.4 Å². The third-order valence-electron chi connectivity index (χ3n) is 9.71. The fraction of sp³-hybridized carbons (Fsp3) is 0.533. The van der Waals surface area contributed by atoms with Crippen molar-refractivity contribution in [2.45, 2.75) is 66.2 Å². The van der Waals surface area contributed by atoms with Crippen LogP contribution in [0.4, 0.5) is 5.69 Å². The lowest BCUT2D eigenvalue weighted by atomic mass is 9.60. The van der Waals surface area contributed by atoms with Gasteiger partial charge in [-0.25, -0.2) is 0 Å². The Morgan fingerprint density at radius 2 is 1.58 bits per heavy atom. The summed E-state index contributed by atoms with van der Waals surface area (Å²) >= 11 is 0. The lowest BCUT2D eigenvalue weighted by molar-refractivity contribution is -0.158. The van der Waals surface area contributed by atoms with Gasteiger partial charge in [-0.1, -0.05) is 58.0 Å². The first-order valence-electron chi connectivity index (χ1n) is 12.9. The van der Waals surface area contributed by atoms with Crippen LogP contribution in [0.2, 0.25) is 0 Å². The molecule has 6 heteroatoms. The summed E-state index contributed by atoms with van der Waals surface area (Å²) in [5.41, 5.74) is -0.311. The van der Waals surface area contributed by atoms with Crippen LogP contribution in [-0.2, 0) is 25.6 Å². The van der Waals surface area contributed by atoms with Gasteiger partial charge in [-0.3, -0.25) is 19.2 Å². The van der Waals surface area contributed by atoms with Gasteiger partial charge in [0.1, 0.15) is 22.4 Å². The van der Waals surface area contributed by atoms with Gasteiger partial charge >= 0.3 is 5.97 Å². The van der Waals surface area contributed by atoms with Crippen LogP contribution >= 0.6 is 0 Å². The highest BCUT2D eigenvalue weighted by molar-refractivity contribution is 6.11. The number of carboxylic acid groups (broad SMARTS) is 1. The van der Waals surface area contributed by atoms with Crippen molar-refractivity contribution >= 4 is 39.8 Å². The van der Waals surface area contributed by atoms with Gasteiger partial charge in [-0.15, -0.1) is 0 Å². The highest BCUT2D eigenvalue weighted by atomic mass is 16.4. The molecular weight excluding hydrogens is 454 g/mol. The van der Waals surface area contributed by atoms with E-state index < -0.39 is 16.8 Å². The molecule has 0 amide bonds. The number of benzene rings is 2. The average Bonchev–Trinajstić information content (AvgIpc) is 3.19. The number of aliphatic carboxylic acids is 1. The maximum Gasteiger partial charge on any atom is 0.317 e. The summed E-state index contributed by atoms with van der Waals surface area (Å²) in [5.74, 6) is -0.477. The van der Waals surface area contributed by atoms with Crippen molar-refractivity contribution in [3.8, 4) is 0 Å². The molecule has 0 aromatic heterocycles. The number of anilines is 1. The number of hydrogen-bond acceptors (Lipinski definition) is 5. The quantitative estimate of drug-likeness (QED) is 0.533. The lowest BCUT2D eigenvalue weighted by Gasteiger charge is -2.43. The summed E-state index contributed by atoms with van der Waals surface area (Å²) in [7, 11) is 0. The fourth-order valence-electron chi connectivity index (χ4n) is 7.30. The third kappa shape index (κ3) is 3.36. The van der Waals surface area contributed by atoms with E-state index >= 15 is 0 Å². The second kappa shape index (κ2) is 7.99. The lowest BCUT2D eigenvalue weighted by Crippen LogP contribution is -2.54. The van der Waals surface area contributed by atoms with E-state index in [1.54, 1.807) is 0 Å². The number of carboxylic acids is 1. The Labute approximate surface area is 211 Å². The number of rotatable bonds is 1.